The van der Waals surface area contributed by atoms with Crippen LogP contribution in [0.5, 0.6) is 0 Å². The maximum absolute atomic E-state index is 10.2. The summed E-state index contributed by atoms with van der Waals surface area (Å²) in [6.45, 7) is 6.04. The number of hydrogen-bond donors (Lipinski definition) is 1. The predicted octanol–water partition coefficient (Wildman–Crippen LogP) is 2.68. The number of benzene rings is 1. The molecular weight excluding hydrogens is 232 g/mol. The molecule has 0 fully saturated rings. The van der Waals surface area contributed by atoms with Gasteiger partial charge in [-0.25, -0.2) is 0 Å². The molecule has 0 saturated heterocycles. The van der Waals surface area contributed by atoms with Crippen LogP contribution in [0.25, 0.3) is 4.91 Å². The van der Waals surface area contributed by atoms with E-state index in [0.29, 0.717) is 13.0 Å². The van der Waals surface area contributed by atoms with Gasteiger partial charge in [0.2, 0.25) is 6.41 Å². The smallest absolute Gasteiger partial charge is 0.207 e. The van der Waals surface area contributed by atoms with Gasteiger partial charge in [0, 0.05) is 11.4 Å². The highest BCUT2D eigenvalue weighted by molar-refractivity contribution is 8.07. The van der Waals surface area contributed by atoms with Gasteiger partial charge in [-0.15, -0.1) is 11.8 Å². The third-order valence-corrected chi connectivity index (χ3v) is 3.31. The third-order valence-electron chi connectivity index (χ3n) is 2.38. The Morgan fingerprint density at radius 2 is 2.12 bits per heavy atom. The van der Waals surface area contributed by atoms with Gasteiger partial charge in [-0.05, 0) is 31.0 Å². The minimum Gasteiger partial charge on any atom is -0.355 e. The van der Waals surface area contributed by atoms with E-state index >= 15 is 0 Å². The van der Waals surface area contributed by atoms with Crippen LogP contribution in [0.3, 0.4) is 0 Å². The van der Waals surface area contributed by atoms with Crippen molar-refractivity contribution in [2.24, 2.45) is 4.99 Å². The minimum atomic E-state index is 0.556. The summed E-state index contributed by atoms with van der Waals surface area (Å²) in [6.07, 6.45) is 2.72. The van der Waals surface area contributed by atoms with E-state index in [2.05, 4.69) is 17.0 Å². The standard InChI is InChI=1S/C13H16N2OS/c1-10(14-2)13(17-3)12-6-4-11(5-7-12)8-15-9-16/h4-7,9H,2,8H2,1,3H3,(H,15,16)/b13-10-. The van der Waals surface area contributed by atoms with Crippen LogP contribution in [-0.2, 0) is 11.3 Å². The van der Waals surface area contributed by atoms with Crippen LogP contribution < -0.4 is 5.32 Å². The number of hydrogen-bond acceptors (Lipinski definition) is 3. The molecule has 0 aliphatic rings. The van der Waals surface area contributed by atoms with Crippen molar-refractivity contribution in [3.05, 3.63) is 41.1 Å². The maximum Gasteiger partial charge on any atom is 0.207 e. The van der Waals surface area contributed by atoms with Crippen molar-refractivity contribution in [3.8, 4) is 0 Å². The molecule has 0 heterocycles. The maximum atomic E-state index is 10.2. The lowest BCUT2D eigenvalue weighted by atomic mass is 10.1. The summed E-state index contributed by atoms with van der Waals surface area (Å²) in [5, 5.41) is 2.63. The molecule has 1 rings (SSSR count). The molecular formula is C13H16N2OS. The van der Waals surface area contributed by atoms with E-state index in [1.807, 2.05) is 37.4 Å². The van der Waals surface area contributed by atoms with Gasteiger partial charge in [0.05, 0.1) is 5.70 Å². The minimum absolute atomic E-state index is 0.556. The molecule has 1 aromatic rings. The lowest BCUT2D eigenvalue weighted by molar-refractivity contribution is -0.109. The molecule has 0 spiro atoms. The number of carbonyl (C=O) groups is 1. The Bertz CT molecular complexity index is 424. The summed E-state index contributed by atoms with van der Waals surface area (Å²) < 4.78 is 0. The van der Waals surface area contributed by atoms with Crippen molar-refractivity contribution in [2.45, 2.75) is 13.5 Å². The summed E-state index contributed by atoms with van der Waals surface area (Å²) in [4.78, 5) is 15.3. The van der Waals surface area contributed by atoms with Crippen molar-refractivity contribution in [3.63, 3.8) is 0 Å². The Kier molecular flexibility index (Phi) is 5.49. The molecule has 3 nitrogen and oxygen atoms in total. The summed E-state index contributed by atoms with van der Waals surface area (Å²) in [7, 11) is 0. The van der Waals surface area contributed by atoms with E-state index in [1.165, 1.54) is 0 Å². The molecule has 0 aliphatic heterocycles. The van der Waals surface area contributed by atoms with E-state index in [0.717, 1.165) is 21.7 Å². The number of amides is 1. The molecule has 0 bridgehead atoms. The highest BCUT2D eigenvalue weighted by Crippen LogP contribution is 2.29. The van der Waals surface area contributed by atoms with E-state index in [9.17, 15) is 4.79 Å². The molecule has 1 N–H and O–H groups in total. The first-order valence-electron chi connectivity index (χ1n) is 5.21. The first-order valence-corrected chi connectivity index (χ1v) is 6.43. The molecule has 0 saturated carbocycles. The summed E-state index contributed by atoms with van der Waals surface area (Å²) in [5.41, 5.74) is 3.12. The van der Waals surface area contributed by atoms with E-state index in [4.69, 9.17) is 0 Å². The third kappa shape index (κ3) is 3.75. The second-order valence-corrected chi connectivity index (χ2v) is 4.29. The Morgan fingerprint density at radius 1 is 1.47 bits per heavy atom. The predicted molar refractivity (Wildman–Crippen MR) is 75.0 cm³/mol. The summed E-state index contributed by atoms with van der Waals surface area (Å²) in [6, 6.07) is 8.06. The molecule has 0 aliphatic carbocycles. The lowest BCUT2D eigenvalue weighted by Gasteiger charge is -2.08. The molecule has 0 unspecified atom stereocenters. The molecule has 0 aromatic heterocycles. The Morgan fingerprint density at radius 3 is 2.59 bits per heavy atom. The normalized spacial score (nSPS) is 11.6. The van der Waals surface area contributed by atoms with Crippen molar-refractivity contribution in [2.75, 3.05) is 6.26 Å². The van der Waals surface area contributed by atoms with E-state index in [-0.39, 0.29) is 0 Å². The number of rotatable bonds is 6. The van der Waals surface area contributed by atoms with Crippen LogP contribution in [0, 0.1) is 0 Å². The van der Waals surface area contributed by atoms with Gasteiger partial charge in [-0.1, -0.05) is 24.3 Å². The van der Waals surface area contributed by atoms with Gasteiger partial charge in [0.25, 0.3) is 0 Å². The largest absolute Gasteiger partial charge is 0.355 e. The van der Waals surface area contributed by atoms with Crippen molar-refractivity contribution in [1.29, 1.82) is 0 Å². The van der Waals surface area contributed by atoms with Crippen LogP contribution in [0.2, 0.25) is 0 Å². The fraction of sp³-hybridized carbons (Fsp3) is 0.231. The van der Waals surface area contributed by atoms with Gasteiger partial charge in [0.1, 0.15) is 0 Å². The number of nitrogens with zero attached hydrogens (tertiary/aromatic N) is 1. The van der Waals surface area contributed by atoms with Crippen LogP contribution in [0.4, 0.5) is 0 Å². The Balaban J connectivity index is 2.93. The SMILES string of the molecule is C=N/C(C)=C(\SC)c1ccc(CNC=O)cc1. The van der Waals surface area contributed by atoms with E-state index < -0.39 is 0 Å². The van der Waals surface area contributed by atoms with Crippen molar-refractivity contribution < 1.29 is 4.79 Å². The van der Waals surface area contributed by atoms with Gasteiger partial charge in [0.15, 0.2) is 0 Å². The average molecular weight is 248 g/mol. The second-order valence-electron chi connectivity index (χ2n) is 3.47. The number of nitrogens with one attached hydrogen (secondary N) is 1. The number of aliphatic imine (C=N–C) groups is 1. The van der Waals surface area contributed by atoms with Gasteiger partial charge >= 0.3 is 0 Å². The van der Waals surface area contributed by atoms with Crippen LogP contribution >= 0.6 is 11.8 Å². The average Bonchev–Trinajstić information content (AvgIpc) is 2.38. The first kappa shape index (κ1) is 13.5. The molecule has 1 amide bonds. The zero-order valence-corrected chi connectivity index (χ0v) is 10.9. The molecule has 0 atom stereocenters. The fourth-order valence-corrected chi connectivity index (χ4v) is 2.21. The lowest BCUT2D eigenvalue weighted by Crippen LogP contribution is -2.09. The topological polar surface area (TPSA) is 41.5 Å². The van der Waals surface area contributed by atoms with Gasteiger partial charge in [-0.2, -0.15) is 0 Å². The summed E-state index contributed by atoms with van der Waals surface area (Å²) in [5.74, 6) is 0. The molecule has 1 aromatic carbocycles. The molecule has 4 heteroatoms. The first-order chi connectivity index (χ1) is 8.22. The number of thioether (sulfide) groups is 1. The number of allylic oxidation sites excluding steroid dienone is 1. The Labute approximate surface area is 106 Å². The number of carbonyl (C=O) groups excluding carboxylic acids is 1. The zero-order valence-electron chi connectivity index (χ0n) is 10.1. The molecule has 17 heavy (non-hydrogen) atoms. The molecule has 0 radical (unpaired) electrons. The van der Waals surface area contributed by atoms with Crippen LogP contribution in [0.15, 0.2) is 35.0 Å². The Hall–Kier alpha value is -1.55. The van der Waals surface area contributed by atoms with Crippen LogP contribution in [-0.4, -0.2) is 19.4 Å². The van der Waals surface area contributed by atoms with Gasteiger partial charge < -0.3 is 5.32 Å². The summed E-state index contributed by atoms with van der Waals surface area (Å²) >= 11 is 1.65. The molecule has 90 valence electrons. The van der Waals surface area contributed by atoms with Crippen molar-refractivity contribution in [1.82, 2.24) is 5.32 Å². The highest BCUT2D eigenvalue weighted by Gasteiger charge is 2.03. The van der Waals surface area contributed by atoms with E-state index in [1.54, 1.807) is 11.8 Å². The van der Waals surface area contributed by atoms with Crippen molar-refractivity contribution >= 4 is 29.8 Å². The quantitative estimate of drug-likeness (QED) is 0.621. The fourth-order valence-electron chi connectivity index (χ4n) is 1.48. The highest BCUT2D eigenvalue weighted by atomic mass is 32.2. The van der Waals surface area contributed by atoms with Crippen LogP contribution in [0.1, 0.15) is 18.1 Å². The second kappa shape index (κ2) is 6.91. The zero-order chi connectivity index (χ0) is 12.7. The monoisotopic (exact) mass is 248 g/mol. The van der Waals surface area contributed by atoms with Gasteiger partial charge in [-0.3, -0.25) is 9.79 Å².